The maximum absolute atomic E-state index is 12.4. The van der Waals surface area contributed by atoms with Crippen LogP contribution in [0.3, 0.4) is 0 Å². The zero-order chi connectivity index (χ0) is 19.2. The second-order valence-corrected chi connectivity index (χ2v) is 7.53. The normalized spacial score (nSPS) is 16.9. The van der Waals surface area contributed by atoms with Crippen molar-refractivity contribution >= 4 is 23.4 Å². The van der Waals surface area contributed by atoms with Gasteiger partial charge in [0.2, 0.25) is 0 Å². The van der Waals surface area contributed by atoms with E-state index >= 15 is 0 Å². The van der Waals surface area contributed by atoms with Crippen LogP contribution < -0.4 is 10.6 Å². The molecule has 1 saturated heterocycles. The lowest BCUT2D eigenvalue weighted by molar-refractivity contribution is -0.387. The highest BCUT2D eigenvalue weighted by atomic mass is 32.2. The first kappa shape index (κ1) is 19.3. The molecule has 1 aliphatic rings. The number of nitrogens with zero attached hydrogens (tertiary/aromatic N) is 4. The van der Waals surface area contributed by atoms with E-state index in [4.69, 9.17) is 0 Å². The number of aryl methyl sites for hydroxylation is 1. The fraction of sp³-hybridized carbons (Fsp3) is 0.471. The minimum Gasteiger partial charge on any atom is -0.352 e. The average molecular weight is 390 g/mol. The molecule has 1 unspecified atom stereocenters. The smallest absolute Gasteiger partial charge is 0.284 e. The minimum atomic E-state index is -0.483. The highest BCUT2D eigenvalue weighted by molar-refractivity contribution is 7.99. The summed E-state index contributed by atoms with van der Waals surface area (Å²) < 4.78 is 1.68. The molecule has 0 radical (unpaired) electrons. The van der Waals surface area contributed by atoms with Gasteiger partial charge in [0.25, 0.3) is 11.6 Å². The number of amides is 1. The molecule has 10 heteroatoms. The van der Waals surface area contributed by atoms with Crippen LogP contribution in [0.25, 0.3) is 0 Å². The molecule has 9 nitrogen and oxygen atoms in total. The first-order chi connectivity index (χ1) is 13.0. The average Bonchev–Trinajstić information content (AvgIpc) is 3.07. The lowest BCUT2D eigenvalue weighted by Crippen LogP contribution is -2.33. The minimum absolute atomic E-state index is 0.118. The van der Waals surface area contributed by atoms with Gasteiger partial charge in [-0.2, -0.15) is 0 Å². The Hall–Kier alpha value is -2.46. The number of nitrogens with one attached hydrogen (secondary N) is 2. The van der Waals surface area contributed by atoms with Crippen LogP contribution in [0.5, 0.6) is 0 Å². The summed E-state index contributed by atoms with van der Waals surface area (Å²) in [4.78, 5) is 23.7. The molecule has 1 fully saturated rings. The second-order valence-electron chi connectivity index (χ2n) is 6.52. The molecule has 2 N–H and O–H groups in total. The highest BCUT2D eigenvalue weighted by Gasteiger charge is 2.20. The van der Waals surface area contributed by atoms with Gasteiger partial charge in [0, 0.05) is 25.2 Å². The van der Waals surface area contributed by atoms with Crippen LogP contribution >= 0.6 is 11.8 Å². The number of benzene rings is 1. The molecule has 0 bridgehead atoms. The number of aromatic nitrogens is 3. The summed E-state index contributed by atoms with van der Waals surface area (Å²) in [6.45, 7) is 2.61. The van der Waals surface area contributed by atoms with Crippen LogP contribution in [0.2, 0.25) is 0 Å². The summed E-state index contributed by atoms with van der Waals surface area (Å²) in [6, 6.07) is 4.50. The Kier molecular flexibility index (Phi) is 6.40. The van der Waals surface area contributed by atoms with Gasteiger partial charge in [-0.3, -0.25) is 14.9 Å². The Morgan fingerprint density at radius 2 is 2.37 bits per heavy atom. The van der Waals surface area contributed by atoms with Gasteiger partial charge in [-0.05, 0) is 62.2 Å². The Balaban J connectivity index is 1.64. The lowest BCUT2D eigenvalue weighted by atomic mass is 9.96. The Morgan fingerprint density at radius 1 is 1.52 bits per heavy atom. The maximum Gasteiger partial charge on any atom is 0.284 e. The number of carbonyl (C=O) groups excluding carboxylic acids is 1. The fourth-order valence-corrected chi connectivity index (χ4v) is 3.86. The molecule has 0 aliphatic carbocycles. The summed E-state index contributed by atoms with van der Waals surface area (Å²) in [5, 5.41) is 25.9. The standard InChI is InChI=1S/C17H22N6O3S/c1-22-11-20-21-17(22)27-15-5-4-13(9-14(15)23(25)26)16(24)19-8-6-12-3-2-7-18-10-12/h4-5,9,11-12,18H,2-3,6-8,10H2,1H3,(H,19,24). The van der Waals surface area contributed by atoms with Crippen LogP contribution in [0.15, 0.2) is 34.6 Å². The van der Waals surface area contributed by atoms with E-state index in [9.17, 15) is 14.9 Å². The third-order valence-corrected chi connectivity index (χ3v) is 5.64. The monoisotopic (exact) mass is 390 g/mol. The third kappa shape index (κ3) is 5.04. The van der Waals surface area contributed by atoms with Crippen molar-refractivity contribution in [1.29, 1.82) is 0 Å². The SMILES string of the molecule is Cn1cnnc1Sc1ccc(C(=O)NCCC2CCCNC2)cc1[N+](=O)[O-]. The Bertz CT molecular complexity index is 819. The first-order valence-electron chi connectivity index (χ1n) is 8.84. The number of nitro benzene ring substituents is 1. The zero-order valence-electron chi connectivity index (χ0n) is 15.1. The summed E-state index contributed by atoms with van der Waals surface area (Å²) in [5.74, 6) is 0.274. The van der Waals surface area contributed by atoms with Gasteiger partial charge in [-0.15, -0.1) is 10.2 Å². The molecular weight excluding hydrogens is 368 g/mol. The number of nitro groups is 1. The van der Waals surface area contributed by atoms with Crippen LogP contribution in [-0.4, -0.2) is 45.2 Å². The van der Waals surface area contributed by atoms with E-state index < -0.39 is 4.92 Å². The van der Waals surface area contributed by atoms with Crippen molar-refractivity contribution in [2.75, 3.05) is 19.6 Å². The van der Waals surface area contributed by atoms with Crippen LogP contribution in [0.1, 0.15) is 29.6 Å². The lowest BCUT2D eigenvalue weighted by Gasteiger charge is -2.22. The largest absolute Gasteiger partial charge is 0.352 e. The fourth-order valence-electron chi connectivity index (χ4n) is 3.01. The van der Waals surface area contributed by atoms with Gasteiger partial charge < -0.3 is 15.2 Å². The van der Waals surface area contributed by atoms with Crippen molar-refractivity contribution in [2.45, 2.75) is 29.3 Å². The van der Waals surface area contributed by atoms with E-state index in [2.05, 4.69) is 20.8 Å². The molecular formula is C17H22N6O3S. The zero-order valence-corrected chi connectivity index (χ0v) is 15.9. The molecule has 1 aromatic heterocycles. The van der Waals surface area contributed by atoms with E-state index in [1.54, 1.807) is 23.7 Å². The number of piperidine rings is 1. The van der Waals surface area contributed by atoms with Crippen LogP contribution in [0, 0.1) is 16.0 Å². The Labute approximate surface area is 161 Å². The summed E-state index contributed by atoms with van der Waals surface area (Å²) in [5.41, 5.74) is 0.165. The van der Waals surface area contributed by atoms with Gasteiger partial charge in [-0.25, -0.2) is 0 Å². The molecule has 1 atom stereocenters. The van der Waals surface area contributed by atoms with E-state index in [1.807, 2.05) is 0 Å². The van der Waals surface area contributed by atoms with Gasteiger partial charge in [-0.1, -0.05) is 0 Å². The summed E-state index contributed by atoms with van der Waals surface area (Å²) in [7, 11) is 1.76. The first-order valence-corrected chi connectivity index (χ1v) is 9.65. The predicted molar refractivity (Wildman–Crippen MR) is 101 cm³/mol. The highest BCUT2D eigenvalue weighted by Crippen LogP contribution is 2.34. The molecule has 1 aliphatic heterocycles. The van der Waals surface area contributed by atoms with Crippen molar-refractivity contribution in [3.05, 3.63) is 40.2 Å². The molecule has 27 heavy (non-hydrogen) atoms. The van der Waals surface area contributed by atoms with Crippen LogP contribution in [0.4, 0.5) is 5.69 Å². The maximum atomic E-state index is 12.4. The number of carbonyl (C=O) groups is 1. The molecule has 1 aromatic carbocycles. The summed E-state index contributed by atoms with van der Waals surface area (Å²) in [6.07, 6.45) is 4.76. The number of hydrogen-bond acceptors (Lipinski definition) is 7. The molecule has 0 saturated carbocycles. The van der Waals surface area contributed by atoms with Crippen molar-refractivity contribution in [3.8, 4) is 0 Å². The Morgan fingerprint density at radius 3 is 3.04 bits per heavy atom. The summed E-state index contributed by atoms with van der Waals surface area (Å²) >= 11 is 1.14. The molecule has 1 amide bonds. The van der Waals surface area contributed by atoms with Gasteiger partial charge in [0.1, 0.15) is 6.33 Å². The van der Waals surface area contributed by atoms with E-state index in [0.29, 0.717) is 22.5 Å². The van der Waals surface area contributed by atoms with Gasteiger partial charge in [0.15, 0.2) is 5.16 Å². The molecule has 2 aromatic rings. The van der Waals surface area contributed by atoms with Crippen LogP contribution in [-0.2, 0) is 7.05 Å². The molecule has 3 rings (SSSR count). The quantitative estimate of drug-likeness (QED) is 0.549. The van der Waals surface area contributed by atoms with Crippen molar-refractivity contribution in [3.63, 3.8) is 0 Å². The van der Waals surface area contributed by atoms with Crippen molar-refractivity contribution in [1.82, 2.24) is 25.4 Å². The predicted octanol–water partition coefficient (Wildman–Crippen LogP) is 1.99. The van der Waals surface area contributed by atoms with Gasteiger partial charge >= 0.3 is 0 Å². The molecule has 144 valence electrons. The third-order valence-electron chi connectivity index (χ3n) is 4.53. The topological polar surface area (TPSA) is 115 Å². The second kappa shape index (κ2) is 8.96. The van der Waals surface area contributed by atoms with E-state index in [-0.39, 0.29) is 17.2 Å². The van der Waals surface area contributed by atoms with Gasteiger partial charge in [0.05, 0.1) is 9.82 Å². The molecule has 2 heterocycles. The van der Waals surface area contributed by atoms with E-state index in [1.165, 1.54) is 18.8 Å². The van der Waals surface area contributed by atoms with E-state index in [0.717, 1.165) is 37.7 Å². The van der Waals surface area contributed by atoms with Crippen molar-refractivity contribution < 1.29 is 9.72 Å². The van der Waals surface area contributed by atoms with Crippen molar-refractivity contribution in [2.24, 2.45) is 13.0 Å². The molecule has 0 spiro atoms. The number of hydrogen-bond donors (Lipinski definition) is 2. The number of rotatable bonds is 7.